The fourth-order valence-electron chi connectivity index (χ4n) is 0.654. The zero-order valence-corrected chi connectivity index (χ0v) is 6.20. The predicted octanol–water partition coefficient (Wildman–Crippen LogP) is 0.955. The van der Waals surface area contributed by atoms with Crippen LogP contribution >= 0.6 is 0 Å². The van der Waals surface area contributed by atoms with Crippen LogP contribution in [0.15, 0.2) is 9.70 Å². The summed E-state index contributed by atoms with van der Waals surface area (Å²) in [5.74, 6) is 0. The average Bonchev–Trinajstić information content (AvgIpc) is 1.86. The van der Waals surface area contributed by atoms with Crippen molar-refractivity contribution in [2.75, 3.05) is 0 Å². The van der Waals surface area contributed by atoms with E-state index in [-0.39, 0.29) is 0 Å². The zero-order chi connectivity index (χ0) is 4.41. The molecule has 0 radical (unpaired) electrons. The Labute approximate surface area is 51.5 Å². The molecule has 1 aliphatic rings. The summed E-state index contributed by atoms with van der Waals surface area (Å²) in [6, 6.07) is 0. The van der Waals surface area contributed by atoms with Gasteiger partial charge < -0.3 is 0 Å². The van der Waals surface area contributed by atoms with Crippen molar-refractivity contribution < 1.29 is 0 Å². The quantitative estimate of drug-likeness (QED) is 0.505. The molecule has 1 aliphatic carbocycles. The van der Waals surface area contributed by atoms with E-state index >= 15 is 0 Å². The molecule has 0 N–H and O–H groups in total. The molecule has 0 saturated heterocycles. The third kappa shape index (κ3) is 0.995. The SMILES string of the molecule is [TeH]C1=CCCC1. The van der Waals surface area contributed by atoms with Gasteiger partial charge in [0.1, 0.15) is 0 Å². The molecule has 0 aromatic rings. The van der Waals surface area contributed by atoms with Crippen molar-refractivity contribution in [1.29, 1.82) is 0 Å². The Hall–Kier alpha value is 0.530. The van der Waals surface area contributed by atoms with Crippen LogP contribution in [-0.4, -0.2) is 22.3 Å². The van der Waals surface area contributed by atoms with Gasteiger partial charge in [-0.25, -0.2) is 0 Å². The van der Waals surface area contributed by atoms with Crippen molar-refractivity contribution in [3.05, 3.63) is 9.70 Å². The second-order valence-corrected chi connectivity index (χ2v) is 3.23. The molecule has 0 aromatic heterocycles. The van der Waals surface area contributed by atoms with Gasteiger partial charge in [-0.2, -0.15) is 0 Å². The van der Waals surface area contributed by atoms with Crippen molar-refractivity contribution in [3.8, 4) is 0 Å². The van der Waals surface area contributed by atoms with E-state index < -0.39 is 0 Å². The van der Waals surface area contributed by atoms with Crippen LogP contribution in [0.4, 0.5) is 0 Å². The second-order valence-electron chi connectivity index (χ2n) is 1.59. The molecule has 0 atom stereocenters. The topological polar surface area (TPSA) is 0 Å². The predicted molar refractivity (Wildman–Crippen MR) is 29.1 cm³/mol. The molecule has 6 heavy (non-hydrogen) atoms. The Morgan fingerprint density at radius 1 is 1.67 bits per heavy atom. The Bertz CT molecular complexity index is 74.0. The molecule has 0 spiro atoms. The van der Waals surface area contributed by atoms with Gasteiger partial charge in [-0.1, -0.05) is 0 Å². The molecule has 0 heterocycles. The summed E-state index contributed by atoms with van der Waals surface area (Å²) in [5, 5.41) is 0. The van der Waals surface area contributed by atoms with Gasteiger partial charge in [0.05, 0.1) is 0 Å². The first-order chi connectivity index (χ1) is 2.89. The first kappa shape index (κ1) is 4.68. The van der Waals surface area contributed by atoms with E-state index in [2.05, 4.69) is 6.08 Å². The zero-order valence-electron chi connectivity index (χ0n) is 3.65. The van der Waals surface area contributed by atoms with Crippen LogP contribution in [0, 0.1) is 0 Å². The van der Waals surface area contributed by atoms with Gasteiger partial charge >= 0.3 is 51.3 Å². The Morgan fingerprint density at radius 2 is 2.50 bits per heavy atom. The molecule has 0 aromatic carbocycles. The summed E-state index contributed by atoms with van der Waals surface area (Å²) in [4.78, 5) is 0. The standard InChI is InChI=1S/C5H8Te/c6-5-3-1-2-4-5/h3,6H,1-2,4H2. The minimum absolute atomic E-state index is 1.34. The van der Waals surface area contributed by atoms with Crippen LogP contribution in [0.1, 0.15) is 19.3 Å². The van der Waals surface area contributed by atoms with Crippen LogP contribution in [0.2, 0.25) is 0 Å². The summed E-state index contributed by atoms with van der Waals surface area (Å²) in [5.41, 5.74) is 0. The summed E-state index contributed by atoms with van der Waals surface area (Å²) in [6.45, 7) is 0. The van der Waals surface area contributed by atoms with E-state index in [1.807, 2.05) is 22.3 Å². The summed E-state index contributed by atoms with van der Waals surface area (Å²) < 4.78 is 1.63. The molecule has 1 rings (SSSR count). The first-order valence-electron chi connectivity index (χ1n) is 2.27. The fraction of sp³-hybridized carbons (Fsp3) is 0.600. The van der Waals surface area contributed by atoms with Crippen LogP contribution in [-0.2, 0) is 0 Å². The van der Waals surface area contributed by atoms with Crippen molar-refractivity contribution >= 4 is 22.3 Å². The van der Waals surface area contributed by atoms with Crippen LogP contribution < -0.4 is 0 Å². The fourth-order valence-corrected chi connectivity index (χ4v) is 1.47. The first-order valence-corrected chi connectivity index (χ1v) is 3.55. The molecule has 0 bridgehead atoms. The van der Waals surface area contributed by atoms with Crippen LogP contribution in [0.25, 0.3) is 0 Å². The van der Waals surface area contributed by atoms with Crippen LogP contribution in [0.3, 0.4) is 0 Å². The molecule has 0 nitrogen and oxygen atoms in total. The van der Waals surface area contributed by atoms with Gasteiger partial charge in [0.15, 0.2) is 0 Å². The van der Waals surface area contributed by atoms with Gasteiger partial charge in [-0.05, 0) is 0 Å². The van der Waals surface area contributed by atoms with Gasteiger partial charge in [-0.3, -0.25) is 0 Å². The minimum atomic E-state index is 1.34. The summed E-state index contributed by atoms with van der Waals surface area (Å²) in [6.07, 6.45) is 6.46. The molecule has 1 heteroatoms. The van der Waals surface area contributed by atoms with Gasteiger partial charge in [0.2, 0.25) is 0 Å². The number of allylic oxidation sites excluding steroid dienone is 2. The molecule has 0 saturated carbocycles. The normalized spacial score (nSPS) is 21.2. The van der Waals surface area contributed by atoms with Gasteiger partial charge in [0, 0.05) is 0 Å². The molecular weight excluding hydrogens is 188 g/mol. The maximum absolute atomic E-state index is 2.34. The molecular formula is C5H8Te. The van der Waals surface area contributed by atoms with Gasteiger partial charge in [0.25, 0.3) is 0 Å². The van der Waals surface area contributed by atoms with Crippen molar-refractivity contribution in [2.24, 2.45) is 0 Å². The molecule has 0 unspecified atom stereocenters. The van der Waals surface area contributed by atoms with E-state index in [4.69, 9.17) is 0 Å². The Kier molecular flexibility index (Phi) is 1.56. The Balaban J connectivity index is 2.45. The van der Waals surface area contributed by atoms with Crippen molar-refractivity contribution in [1.82, 2.24) is 0 Å². The third-order valence-electron chi connectivity index (χ3n) is 1.02. The maximum atomic E-state index is 2.34. The van der Waals surface area contributed by atoms with E-state index in [0.29, 0.717) is 0 Å². The molecule has 0 amide bonds. The van der Waals surface area contributed by atoms with Crippen molar-refractivity contribution in [2.45, 2.75) is 19.3 Å². The summed E-state index contributed by atoms with van der Waals surface area (Å²) >= 11 is 1.88. The van der Waals surface area contributed by atoms with E-state index in [1.165, 1.54) is 19.3 Å². The Morgan fingerprint density at radius 3 is 2.67 bits per heavy atom. The van der Waals surface area contributed by atoms with E-state index in [9.17, 15) is 0 Å². The average molecular weight is 196 g/mol. The molecule has 34 valence electrons. The molecule has 0 fully saturated rings. The molecule has 0 aliphatic heterocycles. The number of hydrogen-bond acceptors (Lipinski definition) is 0. The third-order valence-corrected chi connectivity index (χ3v) is 2.18. The number of hydrogen-bond donors (Lipinski definition) is 0. The van der Waals surface area contributed by atoms with E-state index in [0.717, 1.165) is 0 Å². The van der Waals surface area contributed by atoms with E-state index in [1.54, 1.807) is 3.62 Å². The van der Waals surface area contributed by atoms with Crippen molar-refractivity contribution in [3.63, 3.8) is 0 Å². The number of rotatable bonds is 0. The van der Waals surface area contributed by atoms with Gasteiger partial charge in [-0.15, -0.1) is 0 Å². The monoisotopic (exact) mass is 198 g/mol. The summed E-state index contributed by atoms with van der Waals surface area (Å²) in [7, 11) is 0. The van der Waals surface area contributed by atoms with Crippen LogP contribution in [0.5, 0.6) is 0 Å². The second kappa shape index (κ2) is 2.00.